The minimum absolute atomic E-state index is 0.0914. The molecule has 3 heterocycles. The first-order valence-electron chi connectivity index (χ1n) is 7.61. The van der Waals surface area contributed by atoms with Gasteiger partial charge in [-0.05, 0) is 23.8 Å². The van der Waals surface area contributed by atoms with Gasteiger partial charge in [0.15, 0.2) is 0 Å². The van der Waals surface area contributed by atoms with E-state index >= 15 is 0 Å². The Balaban J connectivity index is 1.73. The fourth-order valence-corrected chi connectivity index (χ4v) is 2.94. The zero-order valence-electron chi connectivity index (χ0n) is 12.6. The molecule has 1 aromatic carbocycles. The largest absolute Gasteiger partial charge is 0.376 e. The van der Waals surface area contributed by atoms with E-state index in [0.717, 1.165) is 34.7 Å². The summed E-state index contributed by atoms with van der Waals surface area (Å²) in [5, 5.41) is 3.31. The number of ether oxygens (including phenoxy) is 2. The van der Waals surface area contributed by atoms with Crippen LogP contribution in [0.25, 0.3) is 0 Å². The molecule has 0 aliphatic carbocycles. The van der Waals surface area contributed by atoms with Gasteiger partial charge in [-0.25, -0.2) is 4.98 Å². The smallest absolute Gasteiger partial charge is 0.214 e. The molecule has 4 rings (SSSR count). The second-order valence-corrected chi connectivity index (χ2v) is 5.58. The maximum absolute atomic E-state index is 11.6. The van der Waals surface area contributed by atoms with E-state index in [1.807, 2.05) is 30.3 Å². The van der Waals surface area contributed by atoms with Gasteiger partial charge >= 0.3 is 0 Å². The molecule has 118 valence electrons. The van der Waals surface area contributed by atoms with Gasteiger partial charge in [0.25, 0.3) is 0 Å². The first kappa shape index (κ1) is 14.2. The van der Waals surface area contributed by atoms with Crippen LogP contribution in [0.4, 0.5) is 17.2 Å². The lowest BCUT2D eigenvalue weighted by atomic mass is 10.1. The quantitative estimate of drug-likeness (QED) is 0.863. The SMILES string of the molecule is O=CN1Cc2cccnc2Nc2ccc(C3COCCO3)cc21. The minimum atomic E-state index is -0.0914. The standard InChI is InChI=1S/C17H17N3O3/c21-11-20-9-13-2-1-5-18-17(13)19-14-4-3-12(8-15(14)20)16-10-22-6-7-23-16/h1-5,8,11,16H,6-7,9-10H2,(H,18,19). The average molecular weight is 311 g/mol. The Labute approximate surface area is 134 Å². The fourth-order valence-electron chi connectivity index (χ4n) is 2.94. The van der Waals surface area contributed by atoms with Crippen molar-refractivity contribution >= 4 is 23.6 Å². The zero-order chi connectivity index (χ0) is 15.6. The summed E-state index contributed by atoms with van der Waals surface area (Å²) in [6.07, 6.45) is 2.50. The lowest BCUT2D eigenvalue weighted by molar-refractivity contribution is -0.107. The molecule has 1 unspecified atom stereocenters. The Hall–Kier alpha value is -2.44. The number of anilines is 3. The molecule has 23 heavy (non-hydrogen) atoms. The maximum atomic E-state index is 11.6. The van der Waals surface area contributed by atoms with Crippen LogP contribution in [-0.4, -0.2) is 31.2 Å². The summed E-state index contributed by atoms with van der Waals surface area (Å²) in [4.78, 5) is 17.6. The molecular weight excluding hydrogens is 294 g/mol. The molecule has 1 amide bonds. The molecule has 2 aliphatic heterocycles. The van der Waals surface area contributed by atoms with E-state index in [1.165, 1.54) is 0 Å². The van der Waals surface area contributed by atoms with Crippen molar-refractivity contribution in [1.29, 1.82) is 0 Å². The average Bonchev–Trinajstić information content (AvgIpc) is 2.78. The third-order valence-electron chi connectivity index (χ3n) is 4.13. The van der Waals surface area contributed by atoms with Crippen LogP contribution in [0.1, 0.15) is 17.2 Å². The Morgan fingerprint density at radius 1 is 1.30 bits per heavy atom. The normalized spacial score (nSPS) is 20.0. The van der Waals surface area contributed by atoms with Crippen LogP contribution < -0.4 is 10.2 Å². The minimum Gasteiger partial charge on any atom is -0.376 e. The van der Waals surface area contributed by atoms with Crippen LogP contribution in [0.2, 0.25) is 0 Å². The highest BCUT2D eigenvalue weighted by Crippen LogP contribution is 2.36. The van der Waals surface area contributed by atoms with Crippen molar-refractivity contribution in [2.75, 3.05) is 30.0 Å². The van der Waals surface area contributed by atoms with Crippen LogP contribution >= 0.6 is 0 Å². The molecule has 0 saturated carbocycles. The number of carbonyl (C=O) groups is 1. The van der Waals surface area contributed by atoms with Crippen molar-refractivity contribution < 1.29 is 14.3 Å². The number of fused-ring (bicyclic) bond motifs is 2. The highest BCUT2D eigenvalue weighted by atomic mass is 16.6. The maximum Gasteiger partial charge on any atom is 0.214 e. The van der Waals surface area contributed by atoms with Crippen molar-refractivity contribution in [2.24, 2.45) is 0 Å². The number of carbonyl (C=O) groups excluding carboxylic acids is 1. The van der Waals surface area contributed by atoms with Gasteiger partial charge in [0.1, 0.15) is 11.9 Å². The van der Waals surface area contributed by atoms with Gasteiger partial charge < -0.3 is 19.7 Å². The molecular formula is C17H17N3O3. The van der Waals surface area contributed by atoms with Crippen molar-refractivity contribution in [2.45, 2.75) is 12.6 Å². The number of nitrogens with one attached hydrogen (secondary N) is 1. The third-order valence-corrected chi connectivity index (χ3v) is 4.13. The Kier molecular flexibility index (Phi) is 3.69. The van der Waals surface area contributed by atoms with Gasteiger partial charge in [0.2, 0.25) is 6.41 Å². The van der Waals surface area contributed by atoms with Crippen molar-refractivity contribution in [3.8, 4) is 0 Å². The molecule has 0 spiro atoms. The molecule has 2 aromatic rings. The summed E-state index contributed by atoms with van der Waals surface area (Å²) in [6, 6.07) is 9.79. The van der Waals surface area contributed by atoms with Gasteiger partial charge in [0, 0.05) is 11.8 Å². The predicted octanol–water partition coefficient (Wildman–Crippen LogP) is 2.39. The van der Waals surface area contributed by atoms with Crippen molar-refractivity contribution in [1.82, 2.24) is 4.98 Å². The molecule has 1 N–H and O–H groups in total. The van der Waals surface area contributed by atoms with E-state index in [9.17, 15) is 4.79 Å². The number of rotatable bonds is 2. The number of amides is 1. The van der Waals surface area contributed by atoms with Gasteiger partial charge in [0.05, 0.1) is 37.7 Å². The van der Waals surface area contributed by atoms with Gasteiger partial charge in [-0.15, -0.1) is 0 Å². The van der Waals surface area contributed by atoms with E-state index in [4.69, 9.17) is 9.47 Å². The molecule has 1 aromatic heterocycles. The highest BCUT2D eigenvalue weighted by Gasteiger charge is 2.23. The van der Waals surface area contributed by atoms with Crippen LogP contribution in [0, 0.1) is 0 Å². The number of hydrogen-bond acceptors (Lipinski definition) is 5. The number of pyridine rings is 1. The first-order chi connectivity index (χ1) is 11.3. The number of aromatic nitrogens is 1. The zero-order valence-corrected chi connectivity index (χ0v) is 12.6. The van der Waals surface area contributed by atoms with Crippen molar-refractivity contribution in [3.05, 3.63) is 47.7 Å². The molecule has 1 saturated heterocycles. The molecule has 1 atom stereocenters. The number of hydrogen-bond donors (Lipinski definition) is 1. The fraction of sp³-hybridized carbons (Fsp3) is 0.294. The lowest BCUT2D eigenvalue weighted by Gasteiger charge is -2.25. The van der Waals surface area contributed by atoms with Crippen LogP contribution in [0.15, 0.2) is 36.5 Å². The second-order valence-electron chi connectivity index (χ2n) is 5.58. The molecule has 6 heteroatoms. The van der Waals surface area contributed by atoms with E-state index in [-0.39, 0.29) is 6.10 Å². The summed E-state index contributed by atoms with van der Waals surface area (Å²) in [5.41, 5.74) is 3.67. The van der Waals surface area contributed by atoms with Crippen LogP contribution in [-0.2, 0) is 20.8 Å². The number of nitrogens with zero attached hydrogens (tertiary/aromatic N) is 2. The monoisotopic (exact) mass is 311 g/mol. The highest BCUT2D eigenvalue weighted by molar-refractivity contribution is 5.87. The Morgan fingerprint density at radius 3 is 3.09 bits per heavy atom. The van der Waals surface area contributed by atoms with Crippen molar-refractivity contribution in [3.63, 3.8) is 0 Å². The molecule has 1 fully saturated rings. The topological polar surface area (TPSA) is 63.7 Å². The molecule has 0 bridgehead atoms. The van der Waals surface area contributed by atoms with E-state index < -0.39 is 0 Å². The molecule has 6 nitrogen and oxygen atoms in total. The van der Waals surface area contributed by atoms with Gasteiger partial charge in [-0.2, -0.15) is 0 Å². The van der Waals surface area contributed by atoms with Crippen LogP contribution in [0.5, 0.6) is 0 Å². The second kappa shape index (κ2) is 5.98. The Bertz CT molecular complexity index is 729. The summed E-state index contributed by atoms with van der Waals surface area (Å²) < 4.78 is 11.2. The summed E-state index contributed by atoms with van der Waals surface area (Å²) >= 11 is 0. The molecule has 2 aliphatic rings. The third kappa shape index (κ3) is 2.67. The summed E-state index contributed by atoms with van der Waals surface area (Å²) in [6.45, 7) is 2.24. The number of benzene rings is 1. The summed E-state index contributed by atoms with van der Waals surface area (Å²) in [5.74, 6) is 0.781. The lowest BCUT2D eigenvalue weighted by Crippen LogP contribution is -2.23. The molecule has 0 radical (unpaired) electrons. The Morgan fingerprint density at radius 2 is 2.26 bits per heavy atom. The summed E-state index contributed by atoms with van der Waals surface area (Å²) in [7, 11) is 0. The van der Waals surface area contributed by atoms with E-state index in [1.54, 1.807) is 11.1 Å². The van der Waals surface area contributed by atoms with E-state index in [0.29, 0.717) is 26.4 Å². The predicted molar refractivity (Wildman–Crippen MR) is 85.7 cm³/mol. The van der Waals surface area contributed by atoms with E-state index in [2.05, 4.69) is 10.3 Å². The van der Waals surface area contributed by atoms with Crippen LogP contribution in [0.3, 0.4) is 0 Å². The van der Waals surface area contributed by atoms with Gasteiger partial charge in [-0.1, -0.05) is 12.1 Å². The van der Waals surface area contributed by atoms with Gasteiger partial charge in [-0.3, -0.25) is 4.79 Å². The first-order valence-corrected chi connectivity index (χ1v) is 7.61.